The molecule has 0 aliphatic heterocycles. The highest BCUT2D eigenvalue weighted by molar-refractivity contribution is 5.94. The topological polar surface area (TPSA) is 59.3 Å². The van der Waals surface area contributed by atoms with Gasteiger partial charge in [0.25, 0.3) is 5.91 Å². The molecule has 6 heteroatoms. The molecule has 0 atom stereocenters. The molecule has 3 aromatic heterocycles. The van der Waals surface area contributed by atoms with Crippen molar-refractivity contribution >= 4 is 11.6 Å². The summed E-state index contributed by atoms with van der Waals surface area (Å²) in [5, 5.41) is 2.80. The highest BCUT2D eigenvalue weighted by atomic mass is 19.1. The van der Waals surface area contributed by atoms with E-state index in [1.165, 1.54) is 16.7 Å². The number of rotatable bonds is 3. The number of halogens is 1. The molecule has 0 spiro atoms. The van der Waals surface area contributed by atoms with Gasteiger partial charge in [0.1, 0.15) is 17.2 Å². The first-order valence-corrected chi connectivity index (χ1v) is 6.46. The predicted molar refractivity (Wildman–Crippen MR) is 75.3 cm³/mol. The summed E-state index contributed by atoms with van der Waals surface area (Å²) in [4.78, 5) is 20.5. The number of imidazole rings is 1. The molecule has 0 aliphatic rings. The molecule has 0 bridgehead atoms. The minimum Gasteiger partial charge on any atom is -0.347 e. The van der Waals surface area contributed by atoms with Gasteiger partial charge in [-0.25, -0.2) is 9.37 Å². The van der Waals surface area contributed by atoms with Gasteiger partial charge in [-0.05, 0) is 36.8 Å². The van der Waals surface area contributed by atoms with E-state index in [4.69, 9.17) is 0 Å². The van der Waals surface area contributed by atoms with Crippen molar-refractivity contribution in [1.82, 2.24) is 19.7 Å². The molecule has 0 fully saturated rings. The van der Waals surface area contributed by atoms with Crippen molar-refractivity contribution in [3.05, 3.63) is 65.6 Å². The molecule has 0 saturated carbocycles. The molecule has 106 valence electrons. The third kappa shape index (κ3) is 2.60. The van der Waals surface area contributed by atoms with Gasteiger partial charge in [0.05, 0.1) is 5.69 Å². The zero-order valence-electron chi connectivity index (χ0n) is 11.4. The van der Waals surface area contributed by atoms with Crippen LogP contribution >= 0.6 is 0 Å². The summed E-state index contributed by atoms with van der Waals surface area (Å²) in [5.41, 5.74) is 2.39. The van der Waals surface area contributed by atoms with E-state index in [1.54, 1.807) is 25.4 Å². The monoisotopic (exact) mass is 284 g/mol. The van der Waals surface area contributed by atoms with Crippen LogP contribution in [0.5, 0.6) is 0 Å². The lowest BCUT2D eigenvalue weighted by Gasteiger charge is -2.06. The fourth-order valence-corrected chi connectivity index (χ4v) is 2.18. The second-order valence-electron chi connectivity index (χ2n) is 4.66. The number of amides is 1. The molecule has 0 aliphatic carbocycles. The quantitative estimate of drug-likeness (QED) is 0.801. The lowest BCUT2D eigenvalue weighted by atomic mass is 10.2. The molecule has 3 heterocycles. The molecule has 3 aromatic rings. The van der Waals surface area contributed by atoms with E-state index < -0.39 is 5.82 Å². The molecule has 0 aromatic carbocycles. The van der Waals surface area contributed by atoms with Crippen LogP contribution < -0.4 is 5.32 Å². The Balaban J connectivity index is 1.87. The number of hydrogen-bond donors (Lipinski definition) is 1. The lowest BCUT2D eigenvalue weighted by molar-refractivity contribution is 0.0944. The van der Waals surface area contributed by atoms with Crippen molar-refractivity contribution in [2.24, 2.45) is 0 Å². The zero-order valence-corrected chi connectivity index (χ0v) is 11.4. The third-order valence-corrected chi connectivity index (χ3v) is 3.17. The van der Waals surface area contributed by atoms with E-state index in [9.17, 15) is 9.18 Å². The molecular weight excluding hydrogens is 271 g/mol. The van der Waals surface area contributed by atoms with Crippen molar-refractivity contribution < 1.29 is 9.18 Å². The van der Waals surface area contributed by atoms with Crippen LogP contribution in [-0.4, -0.2) is 20.3 Å². The van der Waals surface area contributed by atoms with E-state index in [-0.39, 0.29) is 5.91 Å². The van der Waals surface area contributed by atoms with Crippen molar-refractivity contribution in [3.8, 4) is 0 Å². The van der Waals surface area contributed by atoms with Crippen molar-refractivity contribution in [2.45, 2.75) is 13.5 Å². The number of nitrogens with zero attached hydrogens (tertiary/aromatic N) is 3. The van der Waals surface area contributed by atoms with E-state index in [0.717, 1.165) is 5.56 Å². The van der Waals surface area contributed by atoms with Crippen LogP contribution in [0.25, 0.3) is 5.65 Å². The highest BCUT2D eigenvalue weighted by Crippen LogP contribution is 2.13. The molecule has 3 rings (SSSR count). The predicted octanol–water partition coefficient (Wildman–Crippen LogP) is 2.11. The smallest absolute Gasteiger partial charge is 0.270 e. The Morgan fingerprint density at radius 3 is 2.81 bits per heavy atom. The van der Waals surface area contributed by atoms with Crippen molar-refractivity contribution in [1.29, 1.82) is 0 Å². The summed E-state index contributed by atoms with van der Waals surface area (Å²) in [6, 6.07) is 6.50. The number of pyridine rings is 2. The standard InChI is InChI=1S/C15H13FN4O/c1-10-14(20-9-12(16)2-3-13(20)19-10)15(21)18-8-11-4-6-17-7-5-11/h2-7,9H,8H2,1H3,(H,18,21). The summed E-state index contributed by atoms with van der Waals surface area (Å²) in [6.45, 7) is 2.11. The maximum Gasteiger partial charge on any atom is 0.270 e. The van der Waals surface area contributed by atoms with E-state index in [1.807, 2.05) is 12.1 Å². The summed E-state index contributed by atoms with van der Waals surface area (Å²) < 4.78 is 14.8. The van der Waals surface area contributed by atoms with Crippen LogP contribution in [0.4, 0.5) is 4.39 Å². The number of aromatic nitrogens is 3. The van der Waals surface area contributed by atoms with Gasteiger partial charge in [0.2, 0.25) is 0 Å². The Kier molecular flexibility index (Phi) is 3.35. The lowest BCUT2D eigenvalue weighted by Crippen LogP contribution is -2.25. The number of nitrogens with one attached hydrogen (secondary N) is 1. The van der Waals surface area contributed by atoms with E-state index >= 15 is 0 Å². The van der Waals surface area contributed by atoms with Gasteiger partial charge in [-0.2, -0.15) is 0 Å². The van der Waals surface area contributed by atoms with Gasteiger partial charge < -0.3 is 5.32 Å². The van der Waals surface area contributed by atoms with Crippen LogP contribution in [0.1, 0.15) is 21.7 Å². The summed E-state index contributed by atoms with van der Waals surface area (Å²) in [6.07, 6.45) is 4.59. The Labute approximate surface area is 120 Å². The third-order valence-electron chi connectivity index (χ3n) is 3.17. The number of carbonyl (C=O) groups excluding carboxylic acids is 1. The first kappa shape index (κ1) is 13.2. The maximum absolute atomic E-state index is 13.4. The average Bonchev–Trinajstić information content (AvgIpc) is 2.81. The summed E-state index contributed by atoms with van der Waals surface area (Å²) >= 11 is 0. The first-order chi connectivity index (χ1) is 10.1. The van der Waals surface area contributed by atoms with Crippen LogP contribution in [0.15, 0.2) is 42.9 Å². The minimum absolute atomic E-state index is 0.289. The number of fused-ring (bicyclic) bond motifs is 1. The summed E-state index contributed by atoms with van der Waals surface area (Å²) in [7, 11) is 0. The van der Waals surface area contributed by atoms with Crippen molar-refractivity contribution in [3.63, 3.8) is 0 Å². The Bertz CT molecular complexity index is 798. The van der Waals surface area contributed by atoms with Gasteiger partial charge in [0.15, 0.2) is 0 Å². The van der Waals surface area contributed by atoms with Gasteiger partial charge in [0, 0.05) is 25.1 Å². The first-order valence-electron chi connectivity index (χ1n) is 6.46. The van der Waals surface area contributed by atoms with Crippen LogP contribution in [-0.2, 0) is 6.54 Å². The Morgan fingerprint density at radius 1 is 1.29 bits per heavy atom. The fourth-order valence-electron chi connectivity index (χ4n) is 2.18. The largest absolute Gasteiger partial charge is 0.347 e. The average molecular weight is 284 g/mol. The maximum atomic E-state index is 13.4. The number of aryl methyl sites for hydroxylation is 1. The van der Waals surface area contributed by atoms with Gasteiger partial charge in [-0.1, -0.05) is 0 Å². The van der Waals surface area contributed by atoms with E-state index in [0.29, 0.717) is 23.6 Å². The second-order valence-corrected chi connectivity index (χ2v) is 4.66. The SMILES string of the molecule is Cc1nc2ccc(F)cn2c1C(=O)NCc1ccncc1. The molecule has 21 heavy (non-hydrogen) atoms. The van der Waals surface area contributed by atoms with Crippen LogP contribution in [0.3, 0.4) is 0 Å². The van der Waals surface area contributed by atoms with Gasteiger partial charge in [-0.3, -0.25) is 14.2 Å². The van der Waals surface area contributed by atoms with Gasteiger partial charge in [-0.15, -0.1) is 0 Å². The normalized spacial score (nSPS) is 10.8. The van der Waals surface area contributed by atoms with Crippen molar-refractivity contribution in [2.75, 3.05) is 0 Å². The Morgan fingerprint density at radius 2 is 2.05 bits per heavy atom. The fraction of sp³-hybridized carbons (Fsp3) is 0.133. The molecule has 0 unspecified atom stereocenters. The zero-order chi connectivity index (χ0) is 14.8. The minimum atomic E-state index is -0.414. The molecule has 0 radical (unpaired) electrons. The number of hydrogen-bond acceptors (Lipinski definition) is 3. The summed E-state index contributed by atoms with van der Waals surface area (Å²) in [5.74, 6) is -0.703. The van der Waals surface area contributed by atoms with Crippen LogP contribution in [0.2, 0.25) is 0 Å². The van der Waals surface area contributed by atoms with Gasteiger partial charge >= 0.3 is 0 Å². The molecular formula is C15H13FN4O. The van der Waals surface area contributed by atoms with E-state index in [2.05, 4.69) is 15.3 Å². The van der Waals surface area contributed by atoms with Crippen LogP contribution in [0, 0.1) is 12.7 Å². The number of carbonyl (C=O) groups is 1. The molecule has 0 saturated heterocycles. The molecule has 5 nitrogen and oxygen atoms in total. The second kappa shape index (κ2) is 5.32. The molecule has 1 N–H and O–H groups in total. The highest BCUT2D eigenvalue weighted by Gasteiger charge is 2.16. The Hall–Kier alpha value is -2.76. The molecule has 1 amide bonds.